The van der Waals surface area contributed by atoms with E-state index in [4.69, 9.17) is 4.74 Å². The van der Waals surface area contributed by atoms with E-state index < -0.39 is 11.7 Å². The first-order chi connectivity index (χ1) is 16.0. The van der Waals surface area contributed by atoms with E-state index in [1.807, 2.05) is 13.1 Å². The van der Waals surface area contributed by atoms with E-state index in [2.05, 4.69) is 30.5 Å². The lowest BCUT2D eigenvalue weighted by atomic mass is 10.1. The molecule has 170 valence electrons. The summed E-state index contributed by atoms with van der Waals surface area (Å²) in [5.41, 5.74) is 3.50. The highest BCUT2D eigenvalue weighted by Crippen LogP contribution is 2.31. The molecule has 3 aromatic heterocycles. The number of ether oxygens (including phenoxy) is 1. The summed E-state index contributed by atoms with van der Waals surface area (Å²) in [7, 11) is 3.48. The topological polar surface area (TPSA) is 96.7 Å². The minimum atomic E-state index is -0.515. The number of halogens is 1. The predicted molar refractivity (Wildman–Crippen MR) is 124 cm³/mol. The fourth-order valence-electron chi connectivity index (χ4n) is 4.27. The SMILES string of the molecule is CN[C@@H]1CCN(c2ccc(C(=O)Nc3cc(F)c4nc(C)cn4c3)c3ncc(OC)nc23)C1. The van der Waals surface area contributed by atoms with E-state index in [1.54, 1.807) is 29.8 Å². The Bertz CT molecular complexity index is 1370. The van der Waals surface area contributed by atoms with E-state index in [0.717, 1.165) is 25.2 Å². The highest BCUT2D eigenvalue weighted by molar-refractivity contribution is 6.13. The molecule has 1 amide bonds. The first-order valence-electron chi connectivity index (χ1n) is 10.7. The first kappa shape index (κ1) is 21.1. The van der Waals surface area contributed by atoms with Crippen LogP contribution in [0, 0.1) is 12.7 Å². The fourth-order valence-corrected chi connectivity index (χ4v) is 4.27. The van der Waals surface area contributed by atoms with Gasteiger partial charge in [-0.05, 0) is 32.5 Å². The maximum Gasteiger partial charge on any atom is 0.257 e. The first-order valence-corrected chi connectivity index (χ1v) is 10.7. The molecule has 1 aromatic carbocycles. The maximum absolute atomic E-state index is 14.5. The van der Waals surface area contributed by atoms with Crippen molar-refractivity contribution in [1.82, 2.24) is 24.7 Å². The third-order valence-electron chi connectivity index (χ3n) is 5.93. The number of aryl methyl sites for hydroxylation is 1. The molecule has 4 heterocycles. The van der Waals surface area contributed by atoms with Gasteiger partial charge in [0.2, 0.25) is 5.88 Å². The van der Waals surface area contributed by atoms with Crippen LogP contribution < -0.4 is 20.3 Å². The minimum Gasteiger partial charge on any atom is -0.480 e. The average molecular weight is 449 g/mol. The molecule has 9 nitrogen and oxygen atoms in total. The Morgan fingerprint density at radius 1 is 1.24 bits per heavy atom. The maximum atomic E-state index is 14.5. The van der Waals surface area contributed by atoms with Crippen LogP contribution in [0.15, 0.2) is 36.8 Å². The van der Waals surface area contributed by atoms with Gasteiger partial charge in [-0.25, -0.2) is 19.3 Å². The largest absolute Gasteiger partial charge is 0.480 e. The quantitative estimate of drug-likeness (QED) is 0.484. The van der Waals surface area contributed by atoms with Crippen molar-refractivity contribution in [1.29, 1.82) is 0 Å². The zero-order valence-electron chi connectivity index (χ0n) is 18.6. The van der Waals surface area contributed by atoms with Crippen LogP contribution in [-0.4, -0.2) is 58.5 Å². The summed E-state index contributed by atoms with van der Waals surface area (Å²) in [6.45, 7) is 3.48. The summed E-state index contributed by atoms with van der Waals surface area (Å²) in [6, 6.07) is 5.26. The van der Waals surface area contributed by atoms with Gasteiger partial charge >= 0.3 is 0 Å². The Kier molecular flexibility index (Phi) is 5.29. The number of carbonyl (C=O) groups excluding carboxylic acids is 1. The summed E-state index contributed by atoms with van der Waals surface area (Å²) in [5.74, 6) is -0.552. The number of nitrogens with one attached hydrogen (secondary N) is 2. The van der Waals surface area contributed by atoms with Gasteiger partial charge < -0.3 is 24.7 Å². The molecule has 1 saturated heterocycles. The van der Waals surface area contributed by atoms with E-state index in [-0.39, 0.29) is 5.65 Å². The Hall–Kier alpha value is -3.79. The van der Waals surface area contributed by atoms with Gasteiger partial charge in [-0.15, -0.1) is 0 Å². The van der Waals surface area contributed by atoms with Crippen molar-refractivity contribution in [3.63, 3.8) is 0 Å². The highest BCUT2D eigenvalue weighted by atomic mass is 19.1. The molecule has 0 bridgehead atoms. The number of imidazole rings is 1. The van der Waals surface area contributed by atoms with Gasteiger partial charge in [0.1, 0.15) is 11.0 Å². The molecule has 1 aliphatic rings. The molecule has 5 rings (SSSR count). The van der Waals surface area contributed by atoms with Gasteiger partial charge in [-0.3, -0.25) is 4.79 Å². The zero-order chi connectivity index (χ0) is 23.1. The number of rotatable bonds is 5. The Balaban J connectivity index is 1.53. The normalized spacial score (nSPS) is 16.0. The van der Waals surface area contributed by atoms with E-state index in [1.165, 1.54) is 19.4 Å². The third kappa shape index (κ3) is 3.82. The standard InChI is InChI=1S/C23H24FN7O2/c1-13-10-31-12-15(8-17(24)22(31)27-13)28-23(32)16-4-5-18(30-7-6-14(11-30)25-2)21-20(16)26-9-19(29-21)33-3/h4-5,8-10,12,14,25H,6-7,11H2,1-3H3,(H,28,32)/t14-/m1/s1. The Morgan fingerprint density at radius 3 is 2.85 bits per heavy atom. The number of amides is 1. The number of methoxy groups -OCH3 is 1. The lowest BCUT2D eigenvalue weighted by Crippen LogP contribution is -2.29. The summed E-state index contributed by atoms with van der Waals surface area (Å²) >= 11 is 0. The lowest BCUT2D eigenvalue weighted by Gasteiger charge is -2.21. The lowest BCUT2D eigenvalue weighted by molar-refractivity contribution is 0.102. The Morgan fingerprint density at radius 2 is 2.09 bits per heavy atom. The molecule has 0 aliphatic carbocycles. The van der Waals surface area contributed by atoms with Crippen molar-refractivity contribution in [2.45, 2.75) is 19.4 Å². The highest BCUT2D eigenvalue weighted by Gasteiger charge is 2.25. The molecule has 4 aromatic rings. The van der Waals surface area contributed by atoms with Gasteiger partial charge in [0, 0.05) is 37.6 Å². The van der Waals surface area contributed by atoms with Gasteiger partial charge in [-0.2, -0.15) is 0 Å². The molecular weight excluding hydrogens is 425 g/mol. The predicted octanol–water partition coefficient (Wildman–Crippen LogP) is 2.78. The number of carbonyl (C=O) groups is 1. The molecule has 2 N–H and O–H groups in total. The second kappa shape index (κ2) is 8.28. The molecule has 0 radical (unpaired) electrons. The molecule has 0 unspecified atom stereocenters. The molecule has 1 fully saturated rings. The number of hydrogen-bond donors (Lipinski definition) is 2. The zero-order valence-corrected chi connectivity index (χ0v) is 18.6. The van der Waals surface area contributed by atoms with Crippen molar-refractivity contribution < 1.29 is 13.9 Å². The van der Waals surface area contributed by atoms with E-state index in [9.17, 15) is 9.18 Å². The number of anilines is 2. The van der Waals surface area contributed by atoms with E-state index >= 15 is 0 Å². The number of likely N-dealkylation sites (N-methyl/N-ethyl adjacent to an activating group) is 1. The molecule has 10 heteroatoms. The summed E-state index contributed by atoms with van der Waals surface area (Å²) < 4.78 is 21.3. The second-order valence-electron chi connectivity index (χ2n) is 8.11. The van der Waals surface area contributed by atoms with Crippen LogP contribution >= 0.6 is 0 Å². The monoisotopic (exact) mass is 449 g/mol. The fraction of sp³-hybridized carbons (Fsp3) is 0.304. The molecule has 1 atom stereocenters. The summed E-state index contributed by atoms with van der Waals surface area (Å²) in [6.07, 6.45) is 5.83. The van der Waals surface area contributed by atoms with Crippen molar-refractivity contribution in [2.75, 3.05) is 37.5 Å². The van der Waals surface area contributed by atoms with Crippen LogP contribution in [0.3, 0.4) is 0 Å². The molecule has 1 aliphatic heterocycles. The molecular formula is C23H24FN7O2. The van der Waals surface area contributed by atoms with Crippen LogP contribution in [0.1, 0.15) is 22.5 Å². The number of fused-ring (bicyclic) bond motifs is 2. The molecule has 33 heavy (non-hydrogen) atoms. The summed E-state index contributed by atoms with van der Waals surface area (Å²) in [5, 5.41) is 6.08. The number of aromatic nitrogens is 4. The van der Waals surface area contributed by atoms with Gasteiger partial charge in [0.15, 0.2) is 11.5 Å². The van der Waals surface area contributed by atoms with Crippen molar-refractivity contribution in [3.05, 3.63) is 53.9 Å². The van der Waals surface area contributed by atoms with Crippen LogP contribution in [0.25, 0.3) is 16.7 Å². The van der Waals surface area contributed by atoms with Gasteiger partial charge in [-0.1, -0.05) is 0 Å². The van der Waals surface area contributed by atoms with E-state index in [0.29, 0.717) is 39.9 Å². The number of hydrogen-bond acceptors (Lipinski definition) is 7. The third-order valence-corrected chi connectivity index (χ3v) is 5.93. The van der Waals surface area contributed by atoms with Crippen molar-refractivity contribution in [2.24, 2.45) is 0 Å². The second-order valence-corrected chi connectivity index (χ2v) is 8.11. The van der Waals surface area contributed by atoms with Crippen LogP contribution in [0.4, 0.5) is 15.8 Å². The average Bonchev–Trinajstić information content (AvgIpc) is 3.44. The number of nitrogens with zero attached hydrogens (tertiary/aromatic N) is 5. The van der Waals surface area contributed by atoms with Gasteiger partial charge in [0.25, 0.3) is 5.91 Å². The smallest absolute Gasteiger partial charge is 0.257 e. The number of pyridine rings is 1. The molecule has 0 spiro atoms. The Labute approximate surface area is 189 Å². The van der Waals surface area contributed by atoms with Gasteiger partial charge in [0.05, 0.1) is 35.9 Å². The minimum absolute atomic E-state index is 0.212. The van der Waals surface area contributed by atoms with Crippen LogP contribution in [-0.2, 0) is 0 Å². The number of benzene rings is 1. The van der Waals surface area contributed by atoms with Crippen LogP contribution in [0.2, 0.25) is 0 Å². The molecule has 0 saturated carbocycles. The van der Waals surface area contributed by atoms with Crippen molar-refractivity contribution >= 4 is 34.0 Å². The summed E-state index contributed by atoms with van der Waals surface area (Å²) in [4.78, 5) is 28.6. The van der Waals surface area contributed by atoms with Crippen molar-refractivity contribution in [3.8, 4) is 5.88 Å². The van der Waals surface area contributed by atoms with Crippen LogP contribution in [0.5, 0.6) is 5.88 Å².